The van der Waals surface area contributed by atoms with Crippen molar-refractivity contribution in [3.63, 3.8) is 0 Å². The largest absolute Gasteiger partial charge is 0.397 e. The van der Waals surface area contributed by atoms with E-state index < -0.39 is 0 Å². The number of benzene rings is 4. The van der Waals surface area contributed by atoms with Crippen molar-refractivity contribution in [3.8, 4) is 11.1 Å². The Morgan fingerprint density at radius 2 is 1.67 bits per heavy atom. The summed E-state index contributed by atoms with van der Waals surface area (Å²) >= 11 is 6.73. The zero-order chi connectivity index (χ0) is 30.8. The maximum atomic E-state index is 13.1. The number of thiophene rings is 2. The van der Waals surface area contributed by atoms with Crippen LogP contribution in [-0.4, -0.2) is 32.1 Å². The van der Waals surface area contributed by atoms with Crippen molar-refractivity contribution in [2.45, 2.75) is 19.3 Å². The summed E-state index contributed by atoms with van der Waals surface area (Å²) in [7, 11) is 0. The summed E-state index contributed by atoms with van der Waals surface area (Å²) in [5, 5.41) is 11.1. The molecule has 0 unspecified atom stereocenters. The molecule has 1 spiro atoms. The lowest BCUT2D eigenvalue weighted by atomic mass is 9.78. The lowest BCUT2D eigenvalue weighted by Gasteiger charge is -2.40. The minimum atomic E-state index is -0.127. The number of piperidine rings is 1. The average Bonchev–Trinajstić information content (AvgIpc) is 3.83. The standard InChI is InChI=1S/C29H30N4OS.C8H5BrS/c30-24-9-7-21(20-4-2-1-3-5-20)16-25(24)32-28(34)27-17-22-6-8-23(18-26(22)35-27)33-14-11-29(12-15-33)10-13-31-19-29;9-7-2-1-6-3-4-10-8(6)5-7/h1-9,16-18,31H,10-15,19,30H2,(H,32,34);1-5H. The molecule has 2 aromatic heterocycles. The highest BCUT2D eigenvalue weighted by Gasteiger charge is 2.37. The first kappa shape index (κ1) is 30.0. The molecule has 2 saturated heterocycles. The molecule has 45 heavy (non-hydrogen) atoms. The molecule has 0 atom stereocenters. The Bertz CT molecular complexity index is 1950. The van der Waals surface area contributed by atoms with E-state index in [-0.39, 0.29) is 5.91 Å². The monoisotopic (exact) mass is 694 g/mol. The van der Waals surface area contributed by atoms with Gasteiger partial charge in [0.25, 0.3) is 5.91 Å². The Morgan fingerprint density at radius 1 is 0.844 bits per heavy atom. The van der Waals surface area contributed by atoms with Crippen LogP contribution in [0.5, 0.6) is 0 Å². The van der Waals surface area contributed by atoms with Crippen molar-refractivity contribution in [1.29, 1.82) is 0 Å². The van der Waals surface area contributed by atoms with E-state index in [0.29, 0.717) is 21.7 Å². The molecule has 4 aromatic carbocycles. The van der Waals surface area contributed by atoms with E-state index in [1.54, 1.807) is 11.3 Å². The van der Waals surface area contributed by atoms with Crippen LogP contribution in [0.2, 0.25) is 0 Å². The van der Waals surface area contributed by atoms with E-state index in [1.165, 1.54) is 52.9 Å². The fourth-order valence-electron chi connectivity index (χ4n) is 6.38. The predicted molar refractivity (Wildman–Crippen MR) is 197 cm³/mol. The lowest BCUT2D eigenvalue weighted by molar-refractivity contribution is 0.103. The van der Waals surface area contributed by atoms with Crippen LogP contribution in [0.1, 0.15) is 28.9 Å². The Labute approximate surface area is 280 Å². The van der Waals surface area contributed by atoms with Crippen molar-refractivity contribution in [3.05, 3.63) is 112 Å². The number of nitrogens with two attached hydrogens (primary N) is 1. The van der Waals surface area contributed by atoms with Gasteiger partial charge >= 0.3 is 0 Å². The first-order valence-corrected chi connectivity index (χ1v) is 17.8. The first-order valence-electron chi connectivity index (χ1n) is 15.3. The van der Waals surface area contributed by atoms with Crippen molar-refractivity contribution >= 4 is 81.7 Å². The molecule has 228 valence electrons. The topological polar surface area (TPSA) is 70.4 Å². The van der Waals surface area contributed by atoms with Crippen molar-refractivity contribution in [1.82, 2.24) is 5.32 Å². The van der Waals surface area contributed by atoms with Crippen LogP contribution in [0, 0.1) is 5.41 Å². The molecular weight excluding hydrogens is 660 g/mol. The van der Waals surface area contributed by atoms with Gasteiger partial charge in [0.2, 0.25) is 0 Å². The number of hydrogen-bond acceptors (Lipinski definition) is 6. The van der Waals surface area contributed by atoms with E-state index in [0.717, 1.165) is 45.3 Å². The highest BCUT2D eigenvalue weighted by molar-refractivity contribution is 9.10. The highest BCUT2D eigenvalue weighted by Crippen LogP contribution is 2.39. The van der Waals surface area contributed by atoms with Crippen molar-refractivity contribution < 1.29 is 4.79 Å². The number of rotatable bonds is 4. The summed E-state index contributed by atoms with van der Waals surface area (Å²) in [5.41, 5.74) is 11.3. The SMILES string of the molecule is Brc1ccc2ccsc2c1.Nc1ccc(-c2ccccc2)cc1NC(=O)c1cc2ccc(N3CCC4(CCNC4)CC3)cc2s1. The second-order valence-electron chi connectivity index (χ2n) is 12.0. The van der Waals surface area contributed by atoms with Crippen LogP contribution in [0.4, 0.5) is 17.1 Å². The van der Waals surface area contributed by atoms with Gasteiger partial charge in [-0.3, -0.25) is 4.79 Å². The van der Waals surface area contributed by atoms with Gasteiger partial charge in [-0.05, 0) is 107 Å². The quantitative estimate of drug-likeness (QED) is 0.161. The maximum Gasteiger partial charge on any atom is 0.265 e. The van der Waals surface area contributed by atoms with Crippen molar-refractivity contribution in [2.24, 2.45) is 5.41 Å². The summed E-state index contributed by atoms with van der Waals surface area (Å²) in [6.07, 6.45) is 3.81. The van der Waals surface area contributed by atoms with E-state index in [9.17, 15) is 4.79 Å². The minimum absolute atomic E-state index is 0.127. The zero-order valence-corrected chi connectivity index (χ0v) is 28.1. The summed E-state index contributed by atoms with van der Waals surface area (Å²) in [4.78, 5) is 16.3. The Kier molecular flexibility index (Phi) is 8.64. The molecule has 4 N–H and O–H groups in total. The van der Waals surface area contributed by atoms with Crippen LogP contribution in [-0.2, 0) is 0 Å². The van der Waals surface area contributed by atoms with Crippen LogP contribution < -0.4 is 21.3 Å². The van der Waals surface area contributed by atoms with Gasteiger partial charge in [-0.1, -0.05) is 64.5 Å². The number of amides is 1. The predicted octanol–water partition coefficient (Wildman–Crippen LogP) is 9.65. The summed E-state index contributed by atoms with van der Waals surface area (Å²) < 4.78 is 3.64. The number of carbonyl (C=O) groups is 1. The number of nitrogen functional groups attached to an aromatic ring is 1. The second-order valence-corrected chi connectivity index (χ2v) is 14.9. The van der Waals surface area contributed by atoms with Crippen LogP contribution in [0.3, 0.4) is 0 Å². The number of anilines is 3. The fourth-order valence-corrected chi connectivity index (χ4v) is 8.71. The average molecular weight is 696 g/mol. The zero-order valence-electron chi connectivity index (χ0n) is 24.9. The number of nitrogens with zero attached hydrogens (tertiary/aromatic N) is 1. The summed E-state index contributed by atoms with van der Waals surface area (Å²) in [5.74, 6) is -0.127. The molecule has 4 heterocycles. The van der Waals surface area contributed by atoms with Gasteiger partial charge in [-0.15, -0.1) is 22.7 Å². The molecule has 2 aliphatic heterocycles. The minimum Gasteiger partial charge on any atom is -0.397 e. The van der Waals surface area contributed by atoms with Gasteiger partial charge in [-0.2, -0.15) is 0 Å². The molecule has 1 amide bonds. The third-order valence-electron chi connectivity index (χ3n) is 9.08. The van der Waals surface area contributed by atoms with E-state index in [1.807, 2.05) is 54.6 Å². The van der Waals surface area contributed by atoms with E-state index >= 15 is 0 Å². The van der Waals surface area contributed by atoms with Crippen LogP contribution in [0.15, 0.2) is 107 Å². The molecule has 6 aromatic rings. The van der Waals surface area contributed by atoms with Gasteiger partial charge in [0.1, 0.15) is 0 Å². The molecule has 0 bridgehead atoms. The molecule has 8 heteroatoms. The molecule has 0 radical (unpaired) electrons. The van der Waals surface area contributed by atoms with Gasteiger partial charge in [0.05, 0.1) is 16.3 Å². The first-order chi connectivity index (χ1) is 21.9. The molecule has 8 rings (SSSR count). The number of fused-ring (bicyclic) bond motifs is 2. The van der Waals surface area contributed by atoms with Gasteiger partial charge in [0.15, 0.2) is 0 Å². The number of halogens is 1. The highest BCUT2D eigenvalue weighted by atomic mass is 79.9. The third kappa shape index (κ3) is 6.65. The lowest BCUT2D eigenvalue weighted by Crippen LogP contribution is -2.41. The maximum absolute atomic E-state index is 13.1. The number of nitrogens with one attached hydrogen (secondary N) is 2. The van der Waals surface area contributed by atoms with E-state index in [2.05, 4.69) is 79.3 Å². The second kappa shape index (κ2) is 13.0. The molecule has 0 aliphatic carbocycles. The van der Waals surface area contributed by atoms with Gasteiger partial charge in [-0.25, -0.2) is 0 Å². The number of carbonyl (C=O) groups excluding carboxylic acids is 1. The fraction of sp³-hybridized carbons (Fsp3) is 0.216. The molecule has 2 fully saturated rings. The smallest absolute Gasteiger partial charge is 0.265 e. The number of hydrogen-bond donors (Lipinski definition) is 3. The molecule has 0 saturated carbocycles. The Morgan fingerprint density at radius 3 is 2.47 bits per heavy atom. The summed E-state index contributed by atoms with van der Waals surface area (Å²) in [6.45, 7) is 4.53. The van der Waals surface area contributed by atoms with E-state index in [4.69, 9.17) is 5.73 Å². The third-order valence-corrected chi connectivity index (χ3v) is 11.5. The molecular formula is C37H35BrN4OS2. The van der Waals surface area contributed by atoms with Crippen LogP contribution in [0.25, 0.3) is 31.3 Å². The molecule has 5 nitrogen and oxygen atoms in total. The van der Waals surface area contributed by atoms with Crippen LogP contribution >= 0.6 is 38.6 Å². The normalized spacial score (nSPS) is 15.7. The van der Waals surface area contributed by atoms with Gasteiger partial charge < -0.3 is 21.3 Å². The van der Waals surface area contributed by atoms with Crippen molar-refractivity contribution in [2.75, 3.05) is 42.1 Å². The summed E-state index contributed by atoms with van der Waals surface area (Å²) in [6, 6.07) is 32.9. The Hall–Kier alpha value is -3.69. The Balaban J connectivity index is 0.000000275. The van der Waals surface area contributed by atoms with Gasteiger partial charge in [0, 0.05) is 39.2 Å². The molecule has 2 aliphatic rings.